The van der Waals surface area contributed by atoms with E-state index in [2.05, 4.69) is 15.6 Å². The van der Waals surface area contributed by atoms with Crippen LogP contribution in [-0.2, 0) is 6.54 Å². The molecule has 0 bridgehead atoms. The zero-order valence-electron chi connectivity index (χ0n) is 13.1. The molecule has 0 aliphatic carbocycles. The molecule has 0 fully saturated rings. The number of hydrogen-bond acceptors (Lipinski definition) is 5. The lowest BCUT2D eigenvalue weighted by Crippen LogP contribution is -2.31. The van der Waals surface area contributed by atoms with Crippen LogP contribution in [0.4, 0.5) is 5.69 Å². The Kier molecular flexibility index (Phi) is 7.62. The molecule has 6 nitrogen and oxygen atoms in total. The van der Waals surface area contributed by atoms with E-state index in [9.17, 15) is 9.59 Å². The summed E-state index contributed by atoms with van der Waals surface area (Å²) in [4.78, 5) is 28.6. The SMILES string of the molecule is CC(C)NC(=O)c1ccc(Cl)cc1NC(=O)c1csc(CN)n1.Cl. The molecule has 0 saturated carbocycles. The summed E-state index contributed by atoms with van der Waals surface area (Å²) < 4.78 is 0. The molecule has 2 amide bonds. The predicted octanol–water partition coefficient (Wildman–Crippen LogP) is 3.07. The number of aromatic nitrogens is 1. The number of thiazole rings is 1. The highest BCUT2D eigenvalue weighted by molar-refractivity contribution is 7.09. The number of carbonyl (C=O) groups excluding carboxylic acids is 2. The Morgan fingerprint density at radius 3 is 2.62 bits per heavy atom. The van der Waals surface area contributed by atoms with Crippen molar-refractivity contribution in [1.29, 1.82) is 0 Å². The maximum atomic E-state index is 12.3. The topological polar surface area (TPSA) is 97.1 Å². The second kappa shape index (κ2) is 8.98. The van der Waals surface area contributed by atoms with E-state index in [-0.39, 0.29) is 36.6 Å². The third-order valence-corrected chi connectivity index (χ3v) is 3.96. The first-order valence-electron chi connectivity index (χ1n) is 6.97. The van der Waals surface area contributed by atoms with Crippen molar-refractivity contribution in [3.63, 3.8) is 0 Å². The zero-order valence-corrected chi connectivity index (χ0v) is 15.5. The summed E-state index contributed by atoms with van der Waals surface area (Å²) >= 11 is 7.28. The number of nitrogens with zero attached hydrogens (tertiary/aromatic N) is 1. The first kappa shape index (κ1) is 20.4. The van der Waals surface area contributed by atoms with Crippen LogP contribution in [-0.4, -0.2) is 22.8 Å². The quantitative estimate of drug-likeness (QED) is 0.732. The first-order chi connectivity index (χ1) is 10.9. The molecule has 4 N–H and O–H groups in total. The molecule has 0 atom stereocenters. The van der Waals surface area contributed by atoms with Gasteiger partial charge in [-0.15, -0.1) is 23.7 Å². The molecule has 130 valence electrons. The lowest BCUT2D eigenvalue weighted by atomic mass is 10.1. The van der Waals surface area contributed by atoms with Crippen LogP contribution < -0.4 is 16.4 Å². The van der Waals surface area contributed by atoms with Gasteiger partial charge in [0.1, 0.15) is 10.7 Å². The van der Waals surface area contributed by atoms with Crippen molar-refractivity contribution in [1.82, 2.24) is 10.3 Å². The fraction of sp³-hybridized carbons (Fsp3) is 0.267. The largest absolute Gasteiger partial charge is 0.350 e. The fourth-order valence-electron chi connectivity index (χ4n) is 1.85. The summed E-state index contributed by atoms with van der Waals surface area (Å²) in [6.07, 6.45) is 0. The molecule has 0 spiro atoms. The minimum Gasteiger partial charge on any atom is -0.350 e. The molecule has 0 unspecified atom stereocenters. The molecule has 2 aromatic rings. The Morgan fingerprint density at radius 2 is 2.04 bits per heavy atom. The van der Waals surface area contributed by atoms with Crippen LogP contribution >= 0.6 is 35.3 Å². The summed E-state index contributed by atoms with van der Waals surface area (Å²) in [5.41, 5.74) is 6.42. The zero-order chi connectivity index (χ0) is 17.0. The van der Waals surface area contributed by atoms with Gasteiger partial charge in [-0.25, -0.2) is 4.98 Å². The van der Waals surface area contributed by atoms with E-state index in [1.54, 1.807) is 17.5 Å². The van der Waals surface area contributed by atoms with Crippen LogP contribution in [0.2, 0.25) is 5.02 Å². The molecule has 1 aromatic heterocycles. The second-order valence-electron chi connectivity index (χ2n) is 5.10. The van der Waals surface area contributed by atoms with Crippen LogP contribution in [0.15, 0.2) is 23.6 Å². The van der Waals surface area contributed by atoms with Gasteiger partial charge in [0, 0.05) is 23.0 Å². The molecule has 0 saturated heterocycles. The number of amides is 2. The Morgan fingerprint density at radius 1 is 1.33 bits per heavy atom. The Bertz CT molecular complexity index is 734. The van der Waals surface area contributed by atoms with E-state index in [1.807, 2.05) is 13.8 Å². The number of nitrogens with two attached hydrogens (primary N) is 1. The molecular weight excluding hydrogens is 371 g/mol. The predicted molar refractivity (Wildman–Crippen MR) is 99.3 cm³/mol. The van der Waals surface area contributed by atoms with E-state index >= 15 is 0 Å². The molecule has 0 radical (unpaired) electrons. The molecule has 1 aromatic carbocycles. The van der Waals surface area contributed by atoms with Gasteiger partial charge in [0.05, 0.1) is 11.3 Å². The molecule has 0 aliphatic rings. The van der Waals surface area contributed by atoms with Gasteiger partial charge in [-0.1, -0.05) is 11.6 Å². The van der Waals surface area contributed by atoms with E-state index in [4.69, 9.17) is 17.3 Å². The lowest BCUT2D eigenvalue weighted by molar-refractivity contribution is 0.0944. The Labute approximate surface area is 155 Å². The fourth-order valence-corrected chi connectivity index (χ4v) is 2.68. The van der Waals surface area contributed by atoms with Crippen molar-refractivity contribution in [2.24, 2.45) is 5.73 Å². The van der Waals surface area contributed by atoms with Gasteiger partial charge in [-0.3, -0.25) is 9.59 Å². The van der Waals surface area contributed by atoms with Crippen LogP contribution in [0.25, 0.3) is 0 Å². The average molecular weight is 389 g/mol. The minimum atomic E-state index is -0.415. The third-order valence-electron chi connectivity index (χ3n) is 2.85. The number of benzene rings is 1. The van der Waals surface area contributed by atoms with E-state index in [0.29, 0.717) is 21.3 Å². The van der Waals surface area contributed by atoms with Crippen LogP contribution in [0.3, 0.4) is 0 Å². The molecular formula is C15H18Cl2N4O2S. The van der Waals surface area contributed by atoms with Crippen molar-refractivity contribution in [3.05, 3.63) is 44.9 Å². The monoisotopic (exact) mass is 388 g/mol. The summed E-state index contributed by atoms with van der Waals surface area (Å²) in [5.74, 6) is -0.699. The molecule has 24 heavy (non-hydrogen) atoms. The lowest BCUT2D eigenvalue weighted by Gasteiger charge is -2.13. The number of hydrogen-bond donors (Lipinski definition) is 3. The van der Waals surface area contributed by atoms with Crippen molar-refractivity contribution in [2.45, 2.75) is 26.4 Å². The number of rotatable bonds is 5. The molecule has 1 heterocycles. The van der Waals surface area contributed by atoms with Gasteiger partial charge < -0.3 is 16.4 Å². The number of carbonyl (C=O) groups is 2. The first-order valence-corrected chi connectivity index (χ1v) is 8.22. The van der Waals surface area contributed by atoms with Gasteiger partial charge in [0.15, 0.2) is 0 Å². The Balaban J connectivity index is 0.00000288. The van der Waals surface area contributed by atoms with Gasteiger partial charge in [0.25, 0.3) is 11.8 Å². The molecule has 2 rings (SSSR count). The normalized spacial score (nSPS) is 10.2. The van der Waals surface area contributed by atoms with Gasteiger partial charge >= 0.3 is 0 Å². The van der Waals surface area contributed by atoms with Gasteiger partial charge in [0.2, 0.25) is 0 Å². The standard InChI is InChI=1S/C15H17ClN4O2S.ClH/c1-8(2)18-14(21)10-4-3-9(16)5-11(10)20-15(22)12-7-23-13(6-17)19-12;/h3-5,7-8H,6,17H2,1-2H3,(H,18,21)(H,20,22);1H. The van der Waals surface area contributed by atoms with Crippen molar-refractivity contribution >= 4 is 52.8 Å². The third kappa shape index (κ3) is 5.17. The summed E-state index contributed by atoms with van der Waals surface area (Å²) in [6, 6.07) is 4.68. The molecule has 0 aliphatic heterocycles. The smallest absolute Gasteiger partial charge is 0.275 e. The maximum absolute atomic E-state index is 12.3. The highest BCUT2D eigenvalue weighted by Crippen LogP contribution is 2.22. The van der Waals surface area contributed by atoms with Crippen molar-refractivity contribution in [2.75, 3.05) is 5.32 Å². The van der Waals surface area contributed by atoms with Crippen LogP contribution in [0, 0.1) is 0 Å². The van der Waals surface area contributed by atoms with E-state index < -0.39 is 5.91 Å². The van der Waals surface area contributed by atoms with Crippen LogP contribution in [0.5, 0.6) is 0 Å². The Hall–Kier alpha value is -1.67. The number of anilines is 1. The van der Waals surface area contributed by atoms with E-state index in [0.717, 1.165) is 0 Å². The second-order valence-corrected chi connectivity index (χ2v) is 6.48. The number of nitrogens with one attached hydrogen (secondary N) is 2. The van der Waals surface area contributed by atoms with Crippen molar-refractivity contribution in [3.8, 4) is 0 Å². The average Bonchev–Trinajstić information content (AvgIpc) is 2.95. The van der Waals surface area contributed by atoms with E-state index in [1.165, 1.54) is 17.4 Å². The minimum absolute atomic E-state index is 0. The highest BCUT2D eigenvalue weighted by Gasteiger charge is 2.17. The van der Waals surface area contributed by atoms with Gasteiger partial charge in [-0.05, 0) is 32.0 Å². The maximum Gasteiger partial charge on any atom is 0.275 e. The van der Waals surface area contributed by atoms with Crippen molar-refractivity contribution < 1.29 is 9.59 Å². The molecule has 9 heteroatoms. The number of halogens is 2. The summed E-state index contributed by atoms with van der Waals surface area (Å²) in [6.45, 7) is 3.99. The summed E-state index contributed by atoms with van der Waals surface area (Å²) in [7, 11) is 0. The highest BCUT2D eigenvalue weighted by atomic mass is 35.5. The van der Waals surface area contributed by atoms with Gasteiger partial charge in [-0.2, -0.15) is 0 Å². The van der Waals surface area contributed by atoms with Crippen LogP contribution in [0.1, 0.15) is 39.7 Å². The summed E-state index contributed by atoms with van der Waals surface area (Å²) in [5, 5.41) is 8.17.